The smallest absolute Gasteiger partial charge is 0.181 e. The van der Waals surface area contributed by atoms with E-state index in [9.17, 15) is 0 Å². The highest BCUT2D eigenvalue weighted by Crippen LogP contribution is 2.46. The fraction of sp³-hybridized carbons (Fsp3) is 0.727. The van der Waals surface area contributed by atoms with Crippen LogP contribution in [0.1, 0.15) is 51.7 Å². The molecule has 5 rings (SSSR count). The van der Waals surface area contributed by atoms with Gasteiger partial charge in [0, 0.05) is 23.0 Å². The van der Waals surface area contributed by atoms with Crippen LogP contribution in [0.5, 0.6) is 0 Å². The fourth-order valence-electron chi connectivity index (χ4n) is 4.77. The van der Waals surface area contributed by atoms with E-state index in [1.54, 1.807) is 10.8 Å². The summed E-state index contributed by atoms with van der Waals surface area (Å²) < 4.78 is 48.9. The molecule has 0 saturated carbocycles. The molecule has 0 aromatic carbocycles. The van der Waals surface area contributed by atoms with E-state index in [1.165, 1.54) is 13.3 Å². The van der Waals surface area contributed by atoms with Crippen LogP contribution >= 0.6 is 34.2 Å². The van der Waals surface area contributed by atoms with Gasteiger partial charge in [0.1, 0.15) is 29.3 Å². The third-order valence-electron chi connectivity index (χ3n) is 6.47. The number of ether oxygens (including phenoxy) is 5. The third kappa shape index (κ3) is 4.89. The minimum atomic E-state index is -1.88. The molecule has 0 bridgehead atoms. The number of fused-ring (bicyclic) bond motifs is 1. The first-order valence-electron chi connectivity index (χ1n) is 11.5. The molecule has 8 nitrogen and oxygen atoms in total. The number of hydrogen-bond acceptors (Lipinski definition) is 7. The molecule has 3 aliphatic heterocycles. The Kier molecular flexibility index (Phi) is 7.41. The quantitative estimate of drug-likeness (QED) is 0.352. The Labute approximate surface area is 210 Å². The van der Waals surface area contributed by atoms with Crippen molar-refractivity contribution >= 4 is 45.2 Å². The molecule has 3 aliphatic rings. The van der Waals surface area contributed by atoms with Crippen molar-refractivity contribution in [3.63, 3.8) is 0 Å². The van der Waals surface area contributed by atoms with E-state index in [0.29, 0.717) is 29.4 Å². The van der Waals surface area contributed by atoms with Gasteiger partial charge < -0.3 is 28.3 Å². The van der Waals surface area contributed by atoms with Crippen molar-refractivity contribution in [2.45, 2.75) is 82.1 Å². The summed E-state index contributed by atoms with van der Waals surface area (Å²) in [5.41, 5.74) is -1.37. The lowest BCUT2D eigenvalue weighted by Crippen LogP contribution is -2.46. The number of alkyl halides is 1. The molecule has 0 aliphatic carbocycles. The van der Waals surface area contributed by atoms with Crippen molar-refractivity contribution in [1.29, 1.82) is 0 Å². The van der Waals surface area contributed by atoms with E-state index in [1.807, 2.05) is 0 Å². The molecule has 182 valence electrons. The predicted molar refractivity (Wildman–Crippen MR) is 127 cm³/mol. The SMILES string of the molecule is CC1(F)[C@H](OC2CCCCO2)[C@@H](COC2CCCCO2)O[C@H]1n1cc(I)c2c(Cl)ncnc21. The Balaban J connectivity index is 1.43. The molecule has 0 amide bonds. The van der Waals surface area contributed by atoms with Crippen LogP contribution < -0.4 is 0 Å². The van der Waals surface area contributed by atoms with E-state index in [-0.39, 0.29) is 12.9 Å². The number of aromatic nitrogens is 3. The van der Waals surface area contributed by atoms with Gasteiger partial charge in [-0.3, -0.25) is 0 Å². The van der Waals surface area contributed by atoms with Gasteiger partial charge in [-0.2, -0.15) is 0 Å². The Hall–Kier alpha value is -0.630. The van der Waals surface area contributed by atoms with Gasteiger partial charge in [-0.1, -0.05) is 11.6 Å². The van der Waals surface area contributed by atoms with Gasteiger partial charge in [-0.15, -0.1) is 0 Å². The summed E-state index contributed by atoms with van der Waals surface area (Å²) in [6, 6.07) is 0. The van der Waals surface area contributed by atoms with E-state index < -0.39 is 30.4 Å². The maximum Gasteiger partial charge on any atom is 0.181 e. The molecule has 2 aromatic heterocycles. The minimum Gasteiger partial charge on any atom is -0.353 e. The number of halogens is 3. The second kappa shape index (κ2) is 10.2. The largest absolute Gasteiger partial charge is 0.353 e. The van der Waals surface area contributed by atoms with Crippen LogP contribution in [0.4, 0.5) is 4.39 Å². The van der Waals surface area contributed by atoms with E-state index >= 15 is 4.39 Å². The van der Waals surface area contributed by atoms with Crippen molar-refractivity contribution < 1.29 is 28.1 Å². The molecule has 3 unspecified atom stereocenters. The highest BCUT2D eigenvalue weighted by Gasteiger charge is 2.57. The highest BCUT2D eigenvalue weighted by molar-refractivity contribution is 14.1. The molecule has 6 atom stereocenters. The summed E-state index contributed by atoms with van der Waals surface area (Å²) >= 11 is 8.44. The first-order chi connectivity index (χ1) is 15.9. The van der Waals surface area contributed by atoms with E-state index in [2.05, 4.69) is 32.6 Å². The zero-order valence-electron chi connectivity index (χ0n) is 18.4. The summed E-state index contributed by atoms with van der Waals surface area (Å²) in [4.78, 5) is 8.42. The number of nitrogens with zero attached hydrogens (tertiary/aromatic N) is 3. The molecule has 0 radical (unpaired) electrons. The van der Waals surface area contributed by atoms with Gasteiger partial charge in [0.2, 0.25) is 0 Å². The highest BCUT2D eigenvalue weighted by atomic mass is 127. The summed E-state index contributed by atoms with van der Waals surface area (Å²) in [6.07, 6.45) is 5.45. The Bertz CT molecular complexity index is 967. The average Bonchev–Trinajstić information content (AvgIpc) is 3.28. The summed E-state index contributed by atoms with van der Waals surface area (Å²) in [5, 5.41) is 0.988. The number of hydrogen-bond donors (Lipinski definition) is 0. The van der Waals surface area contributed by atoms with Gasteiger partial charge in [-0.25, -0.2) is 14.4 Å². The van der Waals surface area contributed by atoms with Crippen molar-refractivity contribution in [3.05, 3.63) is 21.2 Å². The Morgan fingerprint density at radius 2 is 1.91 bits per heavy atom. The van der Waals surface area contributed by atoms with Crippen molar-refractivity contribution in [3.8, 4) is 0 Å². The van der Waals surface area contributed by atoms with Gasteiger partial charge in [0.15, 0.2) is 24.5 Å². The molecule has 0 N–H and O–H groups in total. The second-order valence-corrected chi connectivity index (χ2v) is 10.4. The van der Waals surface area contributed by atoms with Crippen LogP contribution in [0.3, 0.4) is 0 Å². The van der Waals surface area contributed by atoms with Crippen LogP contribution in [0.2, 0.25) is 5.15 Å². The summed E-state index contributed by atoms with van der Waals surface area (Å²) in [6.45, 7) is 2.94. The summed E-state index contributed by atoms with van der Waals surface area (Å²) in [5.74, 6) is 0. The predicted octanol–water partition coefficient (Wildman–Crippen LogP) is 4.77. The van der Waals surface area contributed by atoms with Gasteiger partial charge >= 0.3 is 0 Å². The Morgan fingerprint density at radius 3 is 2.61 bits per heavy atom. The van der Waals surface area contributed by atoms with Crippen LogP contribution in [0.15, 0.2) is 12.5 Å². The van der Waals surface area contributed by atoms with Crippen molar-refractivity contribution in [2.75, 3.05) is 19.8 Å². The molecule has 3 fully saturated rings. The lowest BCUT2D eigenvalue weighted by molar-refractivity contribution is -0.226. The van der Waals surface area contributed by atoms with Crippen LogP contribution in [0.25, 0.3) is 11.0 Å². The van der Waals surface area contributed by atoms with Gasteiger partial charge in [0.05, 0.1) is 12.0 Å². The summed E-state index contributed by atoms with van der Waals surface area (Å²) in [7, 11) is 0. The van der Waals surface area contributed by atoms with Crippen molar-refractivity contribution in [2.24, 2.45) is 0 Å². The molecule has 33 heavy (non-hydrogen) atoms. The Morgan fingerprint density at radius 1 is 1.18 bits per heavy atom. The zero-order chi connectivity index (χ0) is 23.0. The van der Waals surface area contributed by atoms with Crippen LogP contribution in [-0.4, -0.2) is 64.8 Å². The van der Waals surface area contributed by atoms with Gasteiger partial charge in [-0.05, 0) is 68.0 Å². The molecular formula is C22H28ClFIN3O5. The lowest BCUT2D eigenvalue weighted by Gasteiger charge is -2.33. The molecule has 11 heteroatoms. The maximum atomic E-state index is 16.5. The molecule has 5 heterocycles. The second-order valence-electron chi connectivity index (χ2n) is 8.91. The average molecular weight is 596 g/mol. The third-order valence-corrected chi connectivity index (χ3v) is 7.58. The maximum absolute atomic E-state index is 16.5. The van der Waals surface area contributed by atoms with Crippen LogP contribution in [-0.2, 0) is 23.7 Å². The standard InChI is InChI=1S/C22H28ClFIN3O5/c1-22(24)18(33-16-7-3-5-9-30-16)14(11-31-15-6-2-4-8-29-15)32-21(22)28-10-13(25)17-19(23)26-12-27-20(17)28/h10,12,14-16,18,21H,2-9,11H2,1H3/t14-,15?,16?,18-,21-,22?/m1/s1. The first-order valence-corrected chi connectivity index (χ1v) is 12.9. The first kappa shape index (κ1) is 24.1. The van der Waals surface area contributed by atoms with E-state index in [4.69, 9.17) is 35.3 Å². The van der Waals surface area contributed by atoms with Crippen molar-refractivity contribution in [1.82, 2.24) is 14.5 Å². The monoisotopic (exact) mass is 595 g/mol. The van der Waals surface area contributed by atoms with Gasteiger partial charge in [0.25, 0.3) is 0 Å². The normalized spacial score (nSPS) is 35.3. The molecule has 3 saturated heterocycles. The minimum absolute atomic E-state index is 0.157. The lowest BCUT2D eigenvalue weighted by atomic mass is 9.98. The molecular weight excluding hydrogens is 568 g/mol. The van der Waals surface area contributed by atoms with Crippen LogP contribution in [0, 0.1) is 3.57 Å². The molecule has 2 aromatic rings. The zero-order valence-corrected chi connectivity index (χ0v) is 21.3. The number of rotatable bonds is 6. The topological polar surface area (TPSA) is 76.9 Å². The molecule has 0 spiro atoms. The fourth-order valence-corrected chi connectivity index (χ4v) is 5.96. The van der Waals surface area contributed by atoms with E-state index in [0.717, 1.165) is 42.1 Å².